The Bertz CT molecular complexity index is 1290. The number of hydrogen-bond acceptors (Lipinski definition) is 4. The Balaban J connectivity index is 1.37. The van der Waals surface area contributed by atoms with Gasteiger partial charge in [0.15, 0.2) is 5.65 Å². The molecule has 4 rings (SSSR count). The van der Waals surface area contributed by atoms with E-state index in [2.05, 4.69) is 15.5 Å². The molecule has 8 nitrogen and oxygen atoms in total. The molecule has 1 amide bonds. The van der Waals surface area contributed by atoms with Crippen LogP contribution in [0.1, 0.15) is 28.0 Å². The number of nitrogens with one attached hydrogen (secondary N) is 1. The second kappa shape index (κ2) is 8.73. The highest BCUT2D eigenvalue weighted by Gasteiger charge is 2.20. The first-order valence-electron chi connectivity index (χ1n) is 9.74. The zero-order chi connectivity index (χ0) is 22.0. The van der Waals surface area contributed by atoms with E-state index in [9.17, 15) is 14.0 Å². The van der Waals surface area contributed by atoms with Crippen molar-refractivity contribution in [2.75, 3.05) is 6.54 Å². The Morgan fingerprint density at radius 1 is 1.13 bits per heavy atom. The number of fused-ring (bicyclic) bond motifs is 1. The average Bonchev–Trinajstić information content (AvgIpc) is 3.22. The van der Waals surface area contributed by atoms with Gasteiger partial charge in [-0.3, -0.25) is 9.20 Å². The highest BCUT2D eigenvalue weighted by Crippen LogP contribution is 2.21. The van der Waals surface area contributed by atoms with Crippen LogP contribution in [0.25, 0.3) is 5.65 Å². The maximum atomic E-state index is 13.1. The molecular weight excluding hydrogens is 423 g/mol. The number of pyridine rings is 1. The number of aromatic nitrogens is 5. The minimum atomic E-state index is -0.338. The summed E-state index contributed by atoms with van der Waals surface area (Å²) in [7, 11) is 0. The molecule has 0 aliphatic rings. The van der Waals surface area contributed by atoms with Crippen LogP contribution in [-0.2, 0) is 13.1 Å². The fourth-order valence-corrected chi connectivity index (χ4v) is 3.63. The molecule has 0 unspecified atom stereocenters. The number of carbonyl (C=O) groups excluding carboxylic acids is 1. The molecule has 160 valence electrons. The van der Waals surface area contributed by atoms with Crippen LogP contribution in [0.4, 0.5) is 4.39 Å². The monoisotopic (exact) mass is 442 g/mol. The van der Waals surface area contributed by atoms with Gasteiger partial charge in [-0.05, 0) is 43.2 Å². The van der Waals surface area contributed by atoms with Crippen LogP contribution in [0.5, 0.6) is 0 Å². The second-order valence-corrected chi connectivity index (χ2v) is 7.44. The van der Waals surface area contributed by atoms with Crippen molar-refractivity contribution >= 4 is 23.2 Å². The van der Waals surface area contributed by atoms with Crippen LogP contribution in [0.2, 0.25) is 5.15 Å². The van der Waals surface area contributed by atoms with Crippen LogP contribution in [0, 0.1) is 12.7 Å². The van der Waals surface area contributed by atoms with Crippen LogP contribution in [0.3, 0.4) is 0 Å². The van der Waals surface area contributed by atoms with Gasteiger partial charge in [0, 0.05) is 19.3 Å². The fraction of sp³-hybridized carbons (Fsp3) is 0.238. The number of carbonyl (C=O) groups is 1. The van der Waals surface area contributed by atoms with Crippen LogP contribution in [0.15, 0.2) is 53.5 Å². The lowest BCUT2D eigenvalue weighted by molar-refractivity contribution is 0.0952. The predicted molar refractivity (Wildman–Crippen MR) is 114 cm³/mol. The van der Waals surface area contributed by atoms with E-state index in [4.69, 9.17) is 11.6 Å². The number of hydrogen-bond donors (Lipinski definition) is 1. The van der Waals surface area contributed by atoms with E-state index in [0.717, 1.165) is 5.56 Å². The molecule has 3 heterocycles. The van der Waals surface area contributed by atoms with Crippen molar-refractivity contribution in [1.82, 2.24) is 29.3 Å². The minimum Gasteiger partial charge on any atom is -0.352 e. The summed E-state index contributed by atoms with van der Waals surface area (Å²) in [4.78, 5) is 24.9. The van der Waals surface area contributed by atoms with Crippen LogP contribution >= 0.6 is 11.6 Å². The van der Waals surface area contributed by atoms with Crippen LogP contribution in [-0.4, -0.2) is 36.4 Å². The second-order valence-electron chi connectivity index (χ2n) is 7.08. The SMILES string of the molecule is Cc1nn(Cc2ccc(F)cc2)c(Cl)c1C(=O)NCCCn1nc2ccccn2c1=O. The first kappa shape index (κ1) is 20.8. The molecule has 0 aliphatic heterocycles. The smallest absolute Gasteiger partial charge is 0.350 e. The van der Waals surface area contributed by atoms with Crippen molar-refractivity contribution in [3.05, 3.63) is 86.9 Å². The number of benzene rings is 1. The molecule has 0 bridgehead atoms. The largest absolute Gasteiger partial charge is 0.352 e. The van der Waals surface area contributed by atoms with Crippen molar-refractivity contribution in [2.45, 2.75) is 26.4 Å². The Kier molecular flexibility index (Phi) is 5.85. The molecule has 0 fully saturated rings. The van der Waals surface area contributed by atoms with E-state index < -0.39 is 0 Å². The maximum Gasteiger partial charge on any atom is 0.350 e. The molecule has 1 aromatic carbocycles. The molecule has 10 heteroatoms. The molecule has 31 heavy (non-hydrogen) atoms. The summed E-state index contributed by atoms with van der Waals surface area (Å²) in [5.74, 6) is -0.660. The van der Waals surface area contributed by atoms with Crippen molar-refractivity contribution in [1.29, 1.82) is 0 Å². The average molecular weight is 443 g/mol. The third kappa shape index (κ3) is 4.36. The highest BCUT2D eigenvalue weighted by atomic mass is 35.5. The van der Waals surface area contributed by atoms with Gasteiger partial charge in [0.05, 0.1) is 17.8 Å². The van der Waals surface area contributed by atoms with Crippen molar-refractivity contribution in [3.63, 3.8) is 0 Å². The van der Waals surface area contributed by atoms with E-state index in [0.29, 0.717) is 43.0 Å². The number of amides is 1. The molecular formula is C21H20ClFN6O2. The first-order chi connectivity index (χ1) is 14.9. The molecule has 3 aromatic heterocycles. The third-order valence-electron chi connectivity index (χ3n) is 4.86. The van der Waals surface area contributed by atoms with Crippen molar-refractivity contribution < 1.29 is 9.18 Å². The quantitative estimate of drug-likeness (QED) is 0.446. The van der Waals surface area contributed by atoms with E-state index in [1.807, 2.05) is 6.07 Å². The molecule has 0 radical (unpaired) electrons. The molecule has 0 spiro atoms. The maximum absolute atomic E-state index is 13.1. The molecule has 4 aromatic rings. The Morgan fingerprint density at radius 3 is 2.65 bits per heavy atom. The lowest BCUT2D eigenvalue weighted by atomic mass is 10.2. The third-order valence-corrected chi connectivity index (χ3v) is 5.24. The molecule has 1 N–H and O–H groups in total. The van der Waals surface area contributed by atoms with Gasteiger partial charge in [0.2, 0.25) is 0 Å². The van der Waals surface area contributed by atoms with E-state index in [-0.39, 0.29) is 22.6 Å². The molecule has 0 atom stereocenters. The fourth-order valence-electron chi connectivity index (χ4n) is 3.31. The Hall–Kier alpha value is -3.46. The number of nitrogens with zero attached hydrogens (tertiary/aromatic N) is 5. The predicted octanol–water partition coefficient (Wildman–Crippen LogP) is 2.66. The van der Waals surface area contributed by atoms with Crippen LogP contribution < -0.4 is 11.0 Å². The van der Waals surface area contributed by atoms with Gasteiger partial charge >= 0.3 is 5.69 Å². The Labute approximate surface area is 181 Å². The van der Waals surface area contributed by atoms with Crippen molar-refractivity contribution in [2.24, 2.45) is 0 Å². The molecule has 0 saturated heterocycles. The molecule has 0 saturated carbocycles. The van der Waals surface area contributed by atoms with E-state index in [1.165, 1.54) is 25.9 Å². The lowest BCUT2D eigenvalue weighted by Crippen LogP contribution is -2.28. The highest BCUT2D eigenvalue weighted by molar-refractivity contribution is 6.33. The van der Waals surface area contributed by atoms with E-state index in [1.54, 1.807) is 37.4 Å². The normalized spacial score (nSPS) is 11.2. The summed E-state index contributed by atoms with van der Waals surface area (Å²) < 4.78 is 17.4. The molecule has 0 aliphatic carbocycles. The summed E-state index contributed by atoms with van der Waals surface area (Å²) in [5.41, 5.74) is 1.97. The minimum absolute atomic E-state index is 0.218. The first-order valence-corrected chi connectivity index (χ1v) is 10.1. The summed E-state index contributed by atoms with van der Waals surface area (Å²) in [5, 5.41) is 11.6. The van der Waals surface area contributed by atoms with Gasteiger partial charge in [-0.1, -0.05) is 29.8 Å². The number of aryl methyl sites for hydroxylation is 2. The summed E-state index contributed by atoms with van der Waals surface area (Å²) in [6, 6.07) is 11.3. The van der Waals surface area contributed by atoms with Gasteiger partial charge in [-0.2, -0.15) is 5.10 Å². The lowest BCUT2D eigenvalue weighted by Gasteiger charge is -2.06. The standard InChI is InChI=1S/C21H20ClFN6O2/c1-14-18(19(22)29(25-14)13-15-6-8-16(23)9-7-15)20(30)24-10-4-12-28-21(31)27-11-3-2-5-17(27)26-28/h2-3,5-9,11H,4,10,12-13H2,1H3,(H,24,30). The zero-order valence-corrected chi connectivity index (χ0v) is 17.5. The summed E-state index contributed by atoms with van der Waals surface area (Å²) in [6.45, 7) is 2.75. The van der Waals surface area contributed by atoms with Gasteiger partial charge in [-0.15, -0.1) is 5.10 Å². The van der Waals surface area contributed by atoms with Gasteiger partial charge in [0.1, 0.15) is 11.0 Å². The number of rotatable bonds is 7. The Morgan fingerprint density at radius 2 is 1.90 bits per heavy atom. The van der Waals surface area contributed by atoms with Gasteiger partial charge in [-0.25, -0.2) is 18.5 Å². The zero-order valence-electron chi connectivity index (χ0n) is 16.8. The van der Waals surface area contributed by atoms with Gasteiger partial charge in [0.25, 0.3) is 5.91 Å². The van der Waals surface area contributed by atoms with Gasteiger partial charge < -0.3 is 5.32 Å². The number of halogens is 2. The summed E-state index contributed by atoms with van der Waals surface area (Å²) in [6.07, 6.45) is 2.19. The van der Waals surface area contributed by atoms with Crippen molar-refractivity contribution in [3.8, 4) is 0 Å². The topological polar surface area (TPSA) is 86.2 Å². The summed E-state index contributed by atoms with van der Waals surface area (Å²) >= 11 is 6.39. The van der Waals surface area contributed by atoms with E-state index >= 15 is 0 Å².